The lowest BCUT2D eigenvalue weighted by Crippen LogP contribution is -2.36. The molecule has 0 saturated heterocycles. The van der Waals surface area contributed by atoms with Crippen LogP contribution in [0.1, 0.15) is 18.4 Å². The van der Waals surface area contributed by atoms with E-state index in [1.165, 1.54) is 0 Å². The number of carbonyl (C=O) groups excluding carboxylic acids is 1. The van der Waals surface area contributed by atoms with E-state index in [2.05, 4.69) is 4.98 Å². The van der Waals surface area contributed by atoms with Crippen LogP contribution in [0.2, 0.25) is 5.02 Å². The van der Waals surface area contributed by atoms with Gasteiger partial charge in [0.05, 0.1) is 5.02 Å². The number of hydrogen-bond donors (Lipinski definition) is 0. The molecule has 4 rings (SSSR count). The molecule has 3 aromatic rings. The lowest BCUT2D eigenvalue weighted by molar-refractivity contribution is -0.134. The average molecular weight is 393 g/mol. The summed E-state index contributed by atoms with van der Waals surface area (Å²) in [7, 11) is 0. The first-order valence-corrected chi connectivity index (χ1v) is 9.74. The summed E-state index contributed by atoms with van der Waals surface area (Å²) in [5, 5.41) is 0.499. The molecule has 1 aliphatic carbocycles. The first-order chi connectivity index (χ1) is 13.7. The minimum Gasteiger partial charge on any atom is -0.482 e. The maximum atomic E-state index is 12.7. The smallest absolute Gasteiger partial charge is 0.261 e. The monoisotopic (exact) mass is 392 g/mol. The second-order valence-electron chi connectivity index (χ2n) is 6.91. The van der Waals surface area contributed by atoms with Gasteiger partial charge in [-0.3, -0.25) is 9.78 Å². The number of ether oxygens (including phenoxy) is 1. The highest BCUT2D eigenvalue weighted by Crippen LogP contribution is 2.31. The average Bonchev–Trinajstić information content (AvgIpc) is 3.57. The van der Waals surface area contributed by atoms with Crippen LogP contribution in [0, 0.1) is 0 Å². The number of nitrogens with zero attached hydrogens (tertiary/aromatic N) is 2. The zero-order valence-electron chi connectivity index (χ0n) is 15.4. The SMILES string of the molecule is O=C(COc1ccc(-c2ccccc2)cc1Cl)N(Cc1cccnc1)C1CC1. The molecule has 0 bridgehead atoms. The van der Waals surface area contributed by atoms with Gasteiger partial charge in [0, 0.05) is 25.0 Å². The second-order valence-corrected chi connectivity index (χ2v) is 7.32. The van der Waals surface area contributed by atoms with E-state index in [9.17, 15) is 4.79 Å². The van der Waals surface area contributed by atoms with Gasteiger partial charge in [0.15, 0.2) is 6.61 Å². The van der Waals surface area contributed by atoms with E-state index in [1.54, 1.807) is 12.4 Å². The van der Waals surface area contributed by atoms with Crippen LogP contribution in [0.15, 0.2) is 73.1 Å². The largest absolute Gasteiger partial charge is 0.482 e. The van der Waals surface area contributed by atoms with Gasteiger partial charge in [0.25, 0.3) is 5.91 Å². The molecule has 5 heteroatoms. The van der Waals surface area contributed by atoms with Crippen LogP contribution in [-0.2, 0) is 11.3 Å². The van der Waals surface area contributed by atoms with Crippen molar-refractivity contribution in [2.45, 2.75) is 25.4 Å². The molecule has 0 aliphatic heterocycles. The van der Waals surface area contributed by atoms with E-state index >= 15 is 0 Å². The number of aromatic nitrogens is 1. The number of pyridine rings is 1. The van der Waals surface area contributed by atoms with Crippen molar-refractivity contribution in [1.82, 2.24) is 9.88 Å². The van der Waals surface area contributed by atoms with Crippen LogP contribution in [0.3, 0.4) is 0 Å². The fraction of sp³-hybridized carbons (Fsp3) is 0.217. The van der Waals surface area contributed by atoms with E-state index in [-0.39, 0.29) is 12.5 Å². The number of amides is 1. The Bertz CT molecular complexity index is 943. The first kappa shape index (κ1) is 18.5. The highest BCUT2D eigenvalue weighted by atomic mass is 35.5. The Morgan fingerprint density at radius 3 is 2.57 bits per heavy atom. The van der Waals surface area contributed by atoms with Crippen LogP contribution < -0.4 is 4.74 Å². The van der Waals surface area contributed by atoms with Crippen molar-refractivity contribution in [2.75, 3.05) is 6.61 Å². The summed E-state index contributed by atoms with van der Waals surface area (Å²) < 4.78 is 5.75. The molecular weight excluding hydrogens is 372 g/mol. The quantitative estimate of drug-likeness (QED) is 0.570. The van der Waals surface area contributed by atoms with E-state index in [4.69, 9.17) is 16.3 Å². The Morgan fingerprint density at radius 2 is 1.89 bits per heavy atom. The minimum atomic E-state index is -0.0328. The molecule has 28 heavy (non-hydrogen) atoms. The van der Waals surface area contributed by atoms with Crippen molar-refractivity contribution < 1.29 is 9.53 Å². The number of halogens is 1. The molecule has 1 saturated carbocycles. The van der Waals surface area contributed by atoms with Gasteiger partial charge in [0.1, 0.15) is 5.75 Å². The number of carbonyl (C=O) groups is 1. The first-order valence-electron chi connectivity index (χ1n) is 9.37. The van der Waals surface area contributed by atoms with E-state index in [1.807, 2.05) is 65.6 Å². The molecule has 1 amide bonds. The summed E-state index contributed by atoms with van der Waals surface area (Å²) in [6, 6.07) is 19.8. The van der Waals surface area contributed by atoms with Crippen LogP contribution in [-0.4, -0.2) is 28.4 Å². The number of rotatable bonds is 7. The Morgan fingerprint density at radius 1 is 1.07 bits per heavy atom. The standard InChI is InChI=1S/C23H21ClN2O2/c24-21-13-19(18-6-2-1-3-7-18)8-11-22(21)28-16-23(27)26(20-9-10-20)15-17-5-4-12-25-14-17/h1-8,11-14,20H,9-10,15-16H2. The third-order valence-corrected chi connectivity index (χ3v) is 5.07. The van der Waals surface area contributed by atoms with Gasteiger partial charge in [-0.25, -0.2) is 0 Å². The summed E-state index contributed by atoms with van der Waals surface area (Å²) in [5.41, 5.74) is 3.12. The predicted octanol–water partition coefficient (Wildman–Crippen LogP) is 4.97. The normalized spacial score (nSPS) is 13.2. The second kappa shape index (κ2) is 8.44. The lowest BCUT2D eigenvalue weighted by Gasteiger charge is -2.22. The third kappa shape index (κ3) is 4.52. The van der Waals surface area contributed by atoms with Gasteiger partial charge in [-0.2, -0.15) is 0 Å². The van der Waals surface area contributed by atoms with Crippen LogP contribution in [0.4, 0.5) is 0 Å². The van der Waals surface area contributed by atoms with Gasteiger partial charge in [-0.1, -0.05) is 54.1 Å². The lowest BCUT2D eigenvalue weighted by atomic mass is 10.1. The fourth-order valence-electron chi connectivity index (χ4n) is 3.15. The molecule has 0 atom stereocenters. The molecule has 1 aromatic heterocycles. The van der Waals surface area contributed by atoms with Crippen LogP contribution in [0.5, 0.6) is 5.75 Å². The Labute approximate surface area is 169 Å². The van der Waals surface area contributed by atoms with Crippen molar-refractivity contribution in [3.63, 3.8) is 0 Å². The maximum absolute atomic E-state index is 12.7. The predicted molar refractivity (Wildman–Crippen MR) is 110 cm³/mol. The fourth-order valence-corrected chi connectivity index (χ4v) is 3.38. The van der Waals surface area contributed by atoms with Crippen LogP contribution in [0.25, 0.3) is 11.1 Å². The Balaban J connectivity index is 1.41. The Hall–Kier alpha value is -2.85. The van der Waals surface area contributed by atoms with Crippen LogP contribution >= 0.6 is 11.6 Å². The maximum Gasteiger partial charge on any atom is 0.261 e. The number of hydrogen-bond acceptors (Lipinski definition) is 3. The molecule has 4 nitrogen and oxygen atoms in total. The van der Waals surface area contributed by atoms with Crippen molar-refractivity contribution in [2.24, 2.45) is 0 Å². The molecule has 0 spiro atoms. The van der Waals surface area contributed by atoms with Crippen molar-refractivity contribution in [1.29, 1.82) is 0 Å². The molecular formula is C23H21ClN2O2. The molecule has 0 unspecified atom stereocenters. The summed E-state index contributed by atoms with van der Waals surface area (Å²) in [6.07, 6.45) is 5.61. The van der Waals surface area contributed by atoms with E-state index < -0.39 is 0 Å². The molecule has 142 valence electrons. The molecule has 1 aliphatic rings. The number of benzene rings is 2. The summed E-state index contributed by atoms with van der Waals surface area (Å²) >= 11 is 6.39. The minimum absolute atomic E-state index is 0.0266. The topological polar surface area (TPSA) is 42.4 Å². The zero-order chi connectivity index (χ0) is 19.3. The molecule has 0 radical (unpaired) electrons. The van der Waals surface area contributed by atoms with E-state index in [0.717, 1.165) is 29.5 Å². The summed E-state index contributed by atoms with van der Waals surface area (Å²) in [5.74, 6) is 0.487. The molecule has 1 fully saturated rings. The third-order valence-electron chi connectivity index (χ3n) is 4.77. The zero-order valence-corrected chi connectivity index (χ0v) is 16.2. The van der Waals surface area contributed by atoms with Gasteiger partial charge >= 0.3 is 0 Å². The van der Waals surface area contributed by atoms with Gasteiger partial charge in [-0.15, -0.1) is 0 Å². The van der Waals surface area contributed by atoms with Gasteiger partial charge in [0.2, 0.25) is 0 Å². The summed E-state index contributed by atoms with van der Waals surface area (Å²) in [6.45, 7) is 0.530. The Kier molecular flexibility index (Phi) is 5.58. The van der Waals surface area contributed by atoms with E-state index in [0.29, 0.717) is 23.4 Å². The molecule has 0 N–H and O–H groups in total. The molecule has 2 aromatic carbocycles. The highest BCUT2D eigenvalue weighted by molar-refractivity contribution is 6.32. The van der Waals surface area contributed by atoms with Crippen molar-refractivity contribution in [3.8, 4) is 16.9 Å². The van der Waals surface area contributed by atoms with Crippen molar-refractivity contribution in [3.05, 3.63) is 83.6 Å². The van der Waals surface area contributed by atoms with Gasteiger partial charge in [-0.05, 0) is 47.7 Å². The highest BCUT2D eigenvalue weighted by Gasteiger charge is 2.32. The molecule has 1 heterocycles. The van der Waals surface area contributed by atoms with Gasteiger partial charge < -0.3 is 9.64 Å². The summed E-state index contributed by atoms with van der Waals surface area (Å²) in [4.78, 5) is 18.7. The van der Waals surface area contributed by atoms with Crippen molar-refractivity contribution >= 4 is 17.5 Å².